The molecule has 0 N–H and O–H groups in total. The van der Waals surface area contributed by atoms with Gasteiger partial charge in [-0.2, -0.15) is 0 Å². The first-order valence-corrected chi connectivity index (χ1v) is 16.4. The fraction of sp³-hybridized carbons (Fsp3) is 0.0476. The van der Waals surface area contributed by atoms with Crippen molar-refractivity contribution in [1.29, 1.82) is 0 Å². The van der Waals surface area contributed by atoms with Crippen molar-refractivity contribution in [2.45, 2.75) is 12.5 Å². The van der Waals surface area contributed by atoms with Crippen LogP contribution in [0.25, 0.3) is 53.2 Å². The summed E-state index contributed by atoms with van der Waals surface area (Å²) in [6, 6.07) is 53.0. The van der Waals surface area contributed by atoms with Gasteiger partial charge in [-0.15, -0.1) is 11.3 Å². The molecule has 1 unspecified atom stereocenters. The van der Waals surface area contributed by atoms with E-state index >= 15 is 0 Å². The summed E-state index contributed by atoms with van der Waals surface area (Å²) in [6.07, 6.45) is 8.00. The second-order valence-corrected chi connectivity index (χ2v) is 12.7. The van der Waals surface area contributed by atoms with E-state index in [1.807, 2.05) is 11.3 Å². The van der Waals surface area contributed by atoms with Crippen LogP contribution in [0.5, 0.6) is 0 Å². The van der Waals surface area contributed by atoms with E-state index in [9.17, 15) is 0 Å². The lowest BCUT2D eigenvalue weighted by atomic mass is 9.95. The van der Waals surface area contributed by atoms with Gasteiger partial charge in [0.25, 0.3) is 0 Å². The molecule has 0 amide bonds. The van der Waals surface area contributed by atoms with Gasteiger partial charge in [0.05, 0.1) is 27.5 Å². The molecule has 0 radical (unpaired) electrons. The molecule has 0 spiro atoms. The van der Waals surface area contributed by atoms with E-state index in [-0.39, 0.29) is 6.04 Å². The Morgan fingerprint density at radius 2 is 1.22 bits per heavy atom. The van der Waals surface area contributed by atoms with Crippen molar-refractivity contribution in [2.75, 3.05) is 4.90 Å². The van der Waals surface area contributed by atoms with Crippen molar-refractivity contribution < 1.29 is 0 Å². The summed E-state index contributed by atoms with van der Waals surface area (Å²) in [6.45, 7) is 0. The largest absolute Gasteiger partial charge is 0.333 e. The number of nitrogens with zero attached hydrogens (tertiary/aromatic N) is 2. The van der Waals surface area contributed by atoms with Crippen molar-refractivity contribution in [2.24, 2.45) is 0 Å². The van der Waals surface area contributed by atoms with Gasteiger partial charge in [0.1, 0.15) is 0 Å². The van der Waals surface area contributed by atoms with Gasteiger partial charge in [-0.1, -0.05) is 115 Å². The monoisotopic (exact) mass is 594 g/mol. The number of hydrogen-bond donors (Lipinski definition) is 0. The standard InChI is InChI=1S/C42H30N2S/c1-2-11-29(12-3-1)30-21-23-31(24-22-30)43(40-19-10-16-37-36-15-6-9-20-41(36)45-42(37)40)32-25-27-33(28-26-32)44-38-17-7-4-13-34(38)35-14-5-8-18-39(35)44/h1-23,25-28,31H,24H2. The SMILES string of the molecule is C1=CC(N(c2ccc(-n3c4ccccc4c4ccccc43)cc2)c2cccc3c2sc2ccccc23)CC=C1c1ccccc1. The zero-order chi connectivity index (χ0) is 29.7. The molecule has 0 saturated carbocycles. The summed E-state index contributed by atoms with van der Waals surface area (Å²) < 4.78 is 5.05. The predicted molar refractivity (Wildman–Crippen MR) is 194 cm³/mol. The minimum atomic E-state index is 0.187. The predicted octanol–water partition coefficient (Wildman–Crippen LogP) is 11.7. The van der Waals surface area contributed by atoms with Crippen LogP contribution in [0.15, 0.2) is 164 Å². The third kappa shape index (κ3) is 4.31. The summed E-state index contributed by atoms with van der Waals surface area (Å²) in [7, 11) is 0. The van der Waals surface area contributed by atoms with Crippen LogP contribution in [0.4, 0.5) is 11.4 Å². The van der Waals surface area contributed by atoms with E-state index in [1.54, 1.807) is 0 Å². The summed E-state index contributed by atoms with van der Waals surface area (Å²) in [4.78, 5) is 2.54. The number of hydrogen-bond acceptors (Lipinski definition) is 2. The van der Waals surface area contributed by atoms with Crippen molar-refractivity contribution >= 4 is 70.3 Å². The first-order chi connectivity index (χ1) is 22.3. The van der Waals surface area contributed by atoms with Gasteiger partial charge in [-0.3, -0.25) is 0 Å². The minimum absolute atomic E-state index is 0.187. The third-order valence-corrected chi connectivity index (χ3v) is 10.3. The summed E-state index contributed by atoms with van der Waals surface area (Å²) >= 11 is 1.89. The first-order valence-electron chi connectivity index (χ1n) is 15.6. The van der Waals surface area contributed by atoms with Crippen LogP contribution in [0.2, 0.25) is 0 Å². The quantitative estimate of drug-likeness (QED) is 0.192. The van der Waals surface area contributed by atoms with Crippen molar-refractivity contribution in [3.8, 4) is 5.69 Å². The molecule has 214 valence electrons. The number of benzene rings is 6. The van der Waals surface area contributed by atoms with Gasteiger partial charge in [0.15, 0.2) is 0 Å². The van der Waals surface area contributed by atoms with Crippen molar-refractivity contribution in [1.82, 2.24) is 4.57 Å². The Balaban J connectivity index is 1.18. The fourth-order valence-corrected chi connectivity index (χ4v) is 8.25. The van der Waals surface area contributed by atoms with Gasteiger partial charge in [0, 0.05) is 37.6 Å². The van der Waals surface area contributed by atoms with Crippen molar-refractivity contribution in [3.63, 3.8) is 0 Å². The van der Waals surface area contributed by atoms with E-state index < -0.39 is 0 Å². The van der Waals surface area contributed by atoms with Crippen LogP contribution in [-0.2, 0) is 0 Å². The lowest BCUT2D eigenvalue weighted by molar-refractivity contribution is 0.789. The lowest BCUT2D eigenvalue weighted by Crippen LogP contribution is -2.30. The zero-order valence-corrected chi connectivity index (χ0v) is 25.5. The van der Waals surface area contributed by atoms with Crippen LogP contribution in [0.1, 0.15) is 12.0 Å². The Morgan fingerprint density at radius 1 is 0.578 bits per heavy atom. The van der Waals surface area contributed by atoms with Crippen LogP contribution in [0.3, 0.4) is 0 Å². The molecule has 2 aromatic heterocycles. The summed E-state index contributed by atoms with van der Waals surface area (Å²) in [5.74, 6) is 0. The smallest absolute Gasteiger partial charge is 0.0598 e. The number of para-hydroxylation sites is 2. The molecule has 0 bridgehead atoms. The Morgan fingerprint density at radius 3 is 1.93 bits per heavy atom. The third-order valence-electron chi connectivity index (χ3n) is 9.13. The van der Waals surface area contributed by atoms with E-state index in [4.69, 9.17) is 0 Å². The van der Waals surface area contributed by atoms with Gasteiger partial charge in [-0.05, 0) is 66.1 Å². The van der Waals surface area contributed by atoms with Crippen LogP contribution < -0.4 is 4.90 Å². The Hall–Kier alpha value is -5.38. The van der Waals surface area contributed by atoms with Crippen LogP contribution in [-0.4, -0.2) is 10.6 Å². The molecule has 0 saturated heterocycles. The van der Waals surface area contributed by atoms with Gasteiger partial charge < -0.3 is 9.47 Å². The van der Waals surface area contributed by atoms with Gasteiger partial charge in [0.2, 0.25) is 0 Å². The Labute approximate surface area is 266 Å². The molecule has 1 atom stereocenters. The van der Waals surface area contributed by atoms with Crippen molar-refractivity contribution in [3.05, 3.63) is 169 Å². The average molecular weight is 595 g/mol. The number of rotatable bonds is 5. The fourth-order valence-electron chi connectivity index (χ4n) is 7.04. The molecule has 8 aromatic rings. The molecule has 2 heterocycles. The normalized spacial score (nSPS) is 14.8. The molecule has 1 aliphatic rings. The molecule has 0 fully saturated rings. The highest BCUT2D eigenvalue weighted by atomic mass is 32.1. The molecule has 1 aliphatic carbocycles. The molecule has 3 heteroatoms. The Bertz CT molecular complexity index is 2350. The number of anilines is 2. The van der Waals surface area contributed by atoms with Gasteiger partial charge >= 0.3 is 0 Å². The maximum absolute atomic E-state index is 2.54. The maximum atomic E-state index is 2.54. The number of aromatic nitrogens is 1. The second-order valence-electron chi connectivity index (χ2n) is 11.7. The second kappa shape index (κ2) is 10.7. The molecular weight excluding hydrogens is 565 g/mol. The van der Waals surface area contributed by atoms with Gasteiger partial charge in [-0.25, -0.2) is 0 Å². The highest BCUT2D eigenvalue weighted by Gasteiger charge is 2.24. The summed E-state index contributed by atoms with van der Waals surface area (Å²) in [5, 5.41) is 5.21. The van der Waals surface area contributed by atoms with Crippen LogP contribution in [0, 0.1) is 0 Å². The summed E-state index contributed by atoms with van der Waals surface area (Å²) in [5.41, 5.74) is 8.62. The molecule has 2 nitrogen and oxygen atoms in total. The van der Waals surface area contributed by atoms with E-state index in [2.05, 4.69) is 173 Å². The lowest BCUT2D eigenvalue weighted by Gasteiger charge is -2.34. The minimum Gasteiger partial charge on any atom is -0.333 e. The topological polar surface area (TPSA) is 8.17 Å². The Kier molecular flexibility index (Phi) is 6.17. The van der Waals surface area contributed by atoms with E-state index in [0.717, 1.165) is 6.42 Å². The number of thiophene rings is 1. The number of fused-ring (bicyclic) bond motifs is 6. The zero-order valence-electron chi connectivity index (χ0n) is 24.7. The highest BCUT2D eigenvalue weighted by Crippen LogP contribution is 2.44. The maximum Gasteiger partial charge on any atom is 0.0598 e. The average Bonchev–Trinajstić information content (AvgIpc) is 3.66. The van der Waals surface area contributed by atoms with E-state index in [0.29, 0.717) is 0 Å². The first kappa shape index (κ1) is 26.1. The van der Waals surface area contributed by atoms with E-state index in [1.165, 1.54) is 70.2 Å². The molecule has 9 rings (SSSR count). The number of allylic oxidation sites excluding steroid dienone is 2. The molecule has 0 aliphatic heterocycles. The molecular formula is C42H30N2S. The van der Waals surface area contributed by atoms with Crippen LogP contribution >= 0.6 is 11.3 Å². The highest BCUT2D eigenvalue weighted by molar-refractivity contribution is 7.26. The molecule has 6 aromatic carbocycles. The molecule has 45 heavy (non-hydrogen) atoms.